The van der Waals surface area contributed by atoms with Crippen molar-refractivity contribution in [3.05, 3.63) is 86.6 Å². The standard InChI is InChI=1S/C22H19ClN2O2S/c23-18-6-3-15(4-7-18)12-21(26)24-19-8-5-16-9-10-25(14-17(16)13-19)22(27)20-2-1-11-28-20/h1-8,11,13H,9-10,12,14H2,(H,24,26). The number of halogens is 1. The third-order valence-electron chi connectivity index (χ3n) is 4.80. The smallest absolute Gasteiger partial charge is 0.264 e. The number of carbonyl (C=O) groups excluding carboxylic acids is 2. The molecule has 0 spiro atoms. The van der Waals surface area contributed by atoms with Crippen LogP contribution in [0, 0.1) is 0 Å². The molecule has 2 heterocycles. The lowest BCUT2D eigenvalue weighted by Gasteiger charge is -2.29. The van der Waals surface area contributed by atoms with Crippen LogP contribution in [0.2, 0.25) is 5.02 Å². The van der Waals surface area contributed by atoms with Gasteiger partial charge in [0.15, 0.2) is 0 Å². The van der Waals surface area contributed by atoms with Crippen molar-refractivity contribution >= 4 is 40.4 Å². The van der Waals surface area contributed by atoms with Crippen molar-refractivity contribution in [2.75, 3.05) is 11.9 Å². The summed E-state index contributed by atoms with van der Waals surface area (Å²) in [6.45, 7) is 1.28. The minimum absolute atomic E-state index is 0.0674. The second kappa shape index (κ2) is 8.17. The zero-order valence-corrected chi connectivity index (χ0v) is 16.7. The fourth-order valence-electron chi connectivity index (χ4n) is 3.36. The zero-order valence-electron chi connectivity index (χ0n) is 15.2. The average molecular weight is 411 g/mol. The van der Waals surface area contributed by atoms with Gasteiger partial charge in [-0.05, 0) is 58.8 Å². The van der Waals surface area contributed by atoms with Gasteiger partial charge in [-0.15, -0.1) is 11.3 Å². The molecule has 0 saturated carbocycles. The van der Waals surface area contributed by atoms with Gasteiger partial charge in [0.2, 0.25) is 5.91 Å². The Bertz CT molecular complexity index is 1000. The molecular weight excluding hydrogens is 392 g/mol. The Morgan fingerprint density at radius 2 is 1.89 bits per heavy atom. The maximum atomic E-state index is 12.6. The molecule has 1 aliphatic rings. The van der Waals surface area contributed by atoms with Crippen LogP contribution < -0.4 is 5.32 Å². The van der Waals surface area contributed by atoms with Crippen LogP contribution in [-0.4, -0.2) is 23.3 Å². The van der Waals surface area contributed by atoms with Crippen molar-refractivity contribution < 1.29 is 9.59 Å². The number of benzene rings is 2. The first kappa shape index (κ1) is 18.7. The van der Waals surface area contributed by atoms with Crippen LogP contribution in [0.25, 0.3) is 0 Å². The van der Waals surface area contributed by atoms with Gasteiger partial charge in [-0.25, -0.2) is 0 Å². The molecule has 1 N–H and O–H groups in total. The lowest BCUT2D eigenvalue weighted by Crippen LogP contribution is -2.35. The molecule has 4 rings (SSSR count). The van der Waals surface area contributed by atoms with E-state index in [0.717, 1.165) is 28.1 Å². The molecule has 0 unspecified atom stereocenters. The van der Waals surface area contributed by atoms with Gasteiger partial charge in [0.05, 0.1) is 11.3 Å². The van der Waals surface area contributed by atoms with Crippen LogP contribution in [0.3, 0.4) is 0 Å². The van der Waals surface area contributed by atoms with Gasteiger partial charge in [0.25, 0.3) is 5.91 Å². The molecule has 0 aliphatic carbocycles. The summed E-state index contributed by atoms with van der Waals surface area (Å²) < 4.78 is 0. The summed E-state index contributed by atoms with van der Waals surface area (Å²) in [5, 5.41) is 5.52. The van der Waals surface area contributed by atoms with Crippen molar-refractivity contribution in [1.29, 1.82) is 0 Å². The molecule has 28 heavy (non-hydrogen) atoms. The van der Waals surface area contributed by atoms with E-state index >= 15 is 0 Å². The Balaban J connectivity index is 1.43. The molecule has 1 aliphatic heterocycles. The topological polar surface area (TPSA) is 49.4 Å². The summed E-state index contributed by atoms with van der Waals surface area (Å²) in [6.07, 6.45) is 1.11. The number of thiophene rings is 1. The summed E-state index contributed by atoms with van der Waals surface area (Å²) in [5.74, 6) is -0.0116. The molecule has 2 amide bonds. The number of rotatable bonds is 4. The van der Waals surface area contributed by atoms with Gasteiger partial charge >= 0.3 is 0 Å². The van der Waals surface area contributed by atoms with Crippen LogP contribution in [0.15, 0.2) is 60.0 Å². The Morgan fingerprint density at radius 1 is 1.07 bits per heavy atom. The molecule has 0 saturated heterocycles. The van der Waals surface area contributed by atoms with Gasteiger partial charge in [-0.3, -0.25) is 9.59 Å². The molecule has 4 nitrogen and oxygen atoms in total. The van der Waals surface area contributed by atoms with Crippen molar-refractivity contribution in [3.63, 3.8) is 0 Å². The van der Waals surface area contributed by atoms with Gasteiger partial charge in [0.1, 0.15) is 0 Å². The van der Waals surface area contributed by atoms with Crippen LogP contribution in [0.1, 0.15) is 26.4 Å². The molecule has 1 aromatic heterocycles. The van der Waals surface area contributed by atoms with E-state index < -0.39 is 0 Å². The van der Waals surface area contributed by atoms with E-state index in [1.807, 2.05) is 52.7 Å². The highest BCUT2D eigenvalue weighted by Gasteiger charge is 2.22. The average Bonchev–Trinajstić information content (AvgIpc) is 3.23. The second-order valence-corrected chi connectivity index (χ2v) is 8.17. The van der Waals surface area contributed by atoms with Gasteiger partial charge < -0.3 is 10.2 Å². The predicted molar refractivity (Wildman–Crippen MR) is 113 cm³/mol. The maximum Gasteiger partial charge on any atom is 0.264 e. The monoisotopic (exact) mass is 410 g/mol. The lowest BCUT2D eigenvalue weighted by atomic mass is 9.98. The summed E-state index contributed by atoms with van der Waals surface area (Å²) in [7, 11) is 0. The zero-order chi connectivity index (χ0) is 19.5. The SMILES string of the molecule is O=C(Cc1ccc(Cl)cc1)Nc1ccc2c(c1)CN(C(=O)c1cccs1)CC2. The highest BCUT2D eigenvalue weighted by molar-refractivity contribution is 7.12. The second-order valence-electron chi connectivity index (χ2n) is 6.79. The van der Waals surface area contributed by atoms with Crippen LogP contribution in [0.5, 0.6) is 0 Å². The molecule has 3 aromatic rings. The molecule has 0 bridgehead atoms. The van der Waals surface area contributed by atoms with Crippen molar-refractivity contribution in [2.24, 2.45) is 0 Å². The third-order valence-corrected chi connectivity index (χ3v) is 5.91. The largest absolute Gasteiger partial charge is 0.333 e. The quantitative estimate of drug-likeness (QED) is 0.672. The first-order valence-corrected chi connectivity index (χ1v) is 10.3. The maximum absolute atomic E-state index is 12.6. The first-order chi connectivity index (χ1) is 13.6. The minimum Gasteiger partial charge on any atom is -0.333 e. The lowest BCUT2D eigenvalue weighted by molar-refractivity contribution is -0.115. The highest BCUT2D eigenvalue weighted by Crippen LogP contribution is 2.25. The van der Waals surface area contributed by atoms with E-state index in [2.05, 4.69) is 5.32 Å². The Kier molecular flexibility index (Phi) is 5.46. The van der Waals surface area contributed by atoms with Crippen molar-refractivity contribution in [2.45, 2.75) is 19.4 Å². The summed E-state index contributed by atoms with van der Waals surface area (Å²) >= 11 is 7.35. The Hall–Kier alpha value is -2.63. The minimum atomic E-state index is -0.0791. The van der Waals surface area contributed by atoms with Crippen LogP contribution in [0.4, 0.5) is 5.69 Å². The number of carbonyl (C=O) groups is 2. The van der Waals surface area contributed by atoms with Crippen molar-refractivity contribution in [3.8, 4) is 0 Å². The fraction of sp³-hybridized carbons (Fsp3) is 0.182. The van der Waals surface area contributed by atoms with Gasteiger partial charge in [-0.2, -0.15) is 0 Å². The molecule has 0 fully saturated rings. The Morgan fingerprint density at radius 3 is 2.64 bits per heavy atom. The van der Waals surface area contributed by atoms with Crippen LogP contribution >= 0.6 is 22.9 Å². The number of anilines is 1. The first-order valence-electron chi connectivity index (χ1n) is 9.07. The van der Waals surface area contributed by atoms with E-state index in [1.54, 1.807) is 12.1 Å². The fourth-order valence-corrected chi connectivity index (χ4v) is 4.17. The molecule has 2 aromatic carbocycles. The molecule has 142 valence electrons. The number of nitrogens with one attached hydrogen (secondary N) is 1. The van der Waals surface area contributed by atoms with E-state index in [9.17, 15) is 9.59 Å². The summed E-state index contributed by atoms with van der Waals surface area (Å²) in [5.41, 5.74) is 3.97. The van der Waals surface area contributed by atoms with Crippen LogP contribution in [-0.2, 0) is 24.2 Å². The molecular formula is C22H19ClN2O2S. The third kappa shape index (κ3) is 4.26. The van der Waals surface area contributed by atoms with Gasteiger partial charge in [0, 0.05) is 23.8 Å². The molecule has 0 radical (unpaired) electrons. The number of amides is 2. The van der Waals surface area contributed by atoms with E-state index in [0.29, 0.717) is 18.1 Å². The number of hydrogen-bond donors (Lipinski definition) is 1. The summed E-state index contributed by atoms with van der Waals surface area (Å²) in [6, 6.07) is 17.0. The predicted octanol–water partition coefficient (Wildman–Crippen LogP) is 4.78. The van der Waals surface area contributed by atoms with E-state index in [4.69, 9.17) is 11.6 Å². The number of fused-ring (bicyclic) bond motifs is 1. The van der Waals surface area contributed by atoms with E-state index in [-0.39, 0.29) is 18.2 Å². The molecule has 6 heteroatoms. The number of nitrogens with zero attached hydrogens (tertiary/aromatic N) is 1. The number of hydrogen-bond acceptors (Lipinski definition) is 3. The van der Waals surface area contributed by atoms with E-state index in [1.165, 1.54) is 16.9 Å². The summed E-state index contributed by atoms with van der Waals surface area (Å²) in [4.78, 5) is 27.6. The molecule has 0 atom stereocenters. The highest BCUT2D eigenvalue weighted by atomic mass is 35.5. The Labute approximate surface area is 172 Å². The van der Waals surface area contributed by atoms with Crippen molar-refractivity contribution in [1.82, 2.24) is 4.90 Å². The normalized spacial score (nSPS) is 13.1. The van der Waals surface area contributed by atoms with Gasteiger partial charge in [-0.1, -0.05) is 35.9 Å².